The summed E-state index contributed by atoms with van der Waals surface area (Å²) >= 11 is 1.42. The first-order valence-corrected chi connectivity index (χ1v) is 5.44. The van der Waals surface area contributed by atoms with E-state index in [0.29, 0.717) is 5.56 Å². The van der Waals surface area contributed by atoms with Crippen LogP contribution in [0.5, 0.6) is 0 Å². The number of hydrogen-bond donors (Lipinski definition) is 0. The minimum absolute atomic E-state index is 0.256. The largest absolute Gasteiger partial charge is 0.298 e. The van der Waals surface area contributed by atoms with E-state index in [1.54, 1.807) is 24.3 Å². The maximum Gasteiger partial charge on any atom is 0.151 e. The summed E-state index contributed by atoms with van der Waals surface area (Å²) in [6.45, 7) is 0. The Bertz CT molecular complexity index is 481. The second-order valence-corrected chi connectivity index (χ2v) is 4.20. The van der Waals surface area contributed by atoms with Crippen molar-refractivity contribution in [3.05, 3.63) is 54.0 Å². The maximum atomic E-state index is 12.7. The van der Waals surface area contributed by atoms with Gasteiger partial charge in [-0.3, -0.25) is 4.79 Å². The number of benzene rings is 1. The van der Waals surface area contributed by atoms with E-state index in [1.165, 1.54) is 30.1 Å². The van der Waals surface area contributed by atoms with Crippen LogP contribution in [0.15, 0.2) is 52.5 Å². The van der Waals surface area contributed by atoms with Gasteiger partial charge in [0.05, 0.1) is 0 Å². The SMILES string of the molecule is O=Cc1ccc(Sc2ccc(F)cc2)nc1. The van der Waals surface area contributed by atoms with Crippen molar-refractivity contribution < 1.29 is 9.18 Å². The van der Waals surface area contributed by atoms with E-state index >= 15 is 0 Å². The molecule has 2 rings (SSSR count). The molecule has 0 N–H and O–H groups in total. The summed E-state index contributed by atoms with van der Waals surface area (Å²) in [4.78, 5) is 15.4. The predicted octanol–water partition coefficient (Wildman–Crippen LogP) is 3.18. The number of hydrogen-bond acceptors (Lipinski definition) is 3. The average molecular weight is 233 g/mol. The Morgan fingerprint density at radius 3 is 2.44 bits per heavy atom. The maximum absolute atomic E-state index is 12.7. The standard InChI is InChI=1S/C12H8FNOS/c13-10-2-4-11(5-3-10)16-12-6-1-9(8-15)7-14-12/h1-8H. The van der Waals surface area contributed by atoms with E-state index < -0.39 is 0 Å². The van der Waals surface area contributed by atoms with Crippen molar-refractivity contribution in [1.82, 2.24) is 4.98 Å². The van der Waals surface area contributed by atoms with Crippen LogP contribution in [0.2, 0.25) is 0 Å². The third kappa shape index (κ3) is 2.67. The lowest BCUT2D eigenvalue weighted by Crippen LogP contribution is -1.84. The zero-order chi connectivity index (χ0) is 11.4. The molecular weight excluding hydrogens is 225 g/mol. The molecule has 0 amide bonds. The minimum atomic E-state index is -0.256. The van der Waals surface area contributed by atoms with Gasteiger partial charge in [0.15, 0.2) is 6.29 Å². The zero-order valence-electron chi connectivity index (χ0n) is 8.26. The topological polar surface area (TPSA) is 30.0 Å². The number of carbonyl (C=O) groups excluding carboxylic acids is 1. The molecule has 0 aliphatic rings. The summed E-state index contributed by atoms with van der Waals surface area (Å²) in [7, 11) is 0. The molecule has 1 aromatic heterocycles. The van der Waals surface area contributed by atoms with Gasteiger partial charge in [-0.1, -0.05) is 11.8 Å². The van der Waals surface area contributed by atoms with Crippen molar-refractivity contribution in [2.45, 2.75) is 9.92 Å². The first-order chi connectivity index (χ1) is 7.78. The van der Waals surface area contributed by atoms with Crippen molar-refractivity contribution in [2.24, 2.45) is 0 Å². The highest BCUT2D eigenvalue weighted by molar-refractivity contribution is 7.99. The molecule has 0 aliphatic carbocycles. The first-order valence-electron chi connectivity index (χ1n) is 4.62. The Morgan fingerprint density at radius 1 is 1.12 bits per heavy atom. The second-order valence-electron chi connectivity index (χ2n) is 3.10. The number of rotatable bonds is 3. The fourth-order valence-electron chi connectivity index (χ4n) is 1.15. The normalized spacial score (nSPS) is 10.1. The molecule has 0 bridgehead atoms. The molecule has 0 fully saturated rings. The zero-order valence-corrected chi connectivity index (χ0v) is 9.08. The number of nitrogens with zero attached hydrogens (tertiary/aromatic N) is 1. The smallest absolute Gasteiger partial charge is 0.151 e. The lowest BCUT2D eigenvalue weighted by molar-refractivity contribution is 0.112. The van der Waals surface area contributed by atoms with Gasteiger partial charge in [0.1, 0.15) is 10.8 Å². The molecule has 2 nitrogen and oxygen atoms in total. The van der Waals surface area contributed by atoms with E-state index in [2.05, 4.69) is 4.98 Å². The molecule has 0 atom stereocenters. The molecule has 0 unspecified atom stereocenters. The van der Waals surface area contributed by atoms with Crippen molar-refractivity contribution in [3.8, 4) is 0 Å². The number of carbonyl (C=O) groups is 1. The quantitative estimate of drug-likeness (QED) is 0.763. The van der Waals surface area contributed by atoms with Crippen LogP contribution in [0, 0.1) is 5.82 Å². The molecule has 0 spiro atoms. The number of pyridine rings is 1. The minimum Gasteiger partial charge on any atom is -0.298 e. The molecule has 0 radical (unpaired) electrons. The van der Waals surface area contributed by atoms with Gasteiger partial charge in [-0.05, 0) is 36.4 Å². The molecule has 16 heavy (non-hydrogen) atoms. The Morgan fingerprint density at radius 2 is 1.88 bits per heavy atom. The summed E-state index contributed by atoms with van der Waals surface area (Å²) in [5.41, 5.74) is 0.545. The van der Waals surface area contributed by atoms with Gasteiger partial charge in [-0.25, -0.2) is 9.37 Å². The van der Waals surface area contributed by atoms with Crippen LogP contribution in [0.25, 0.3) is 0 Å². The summed E-state index contributed by atoms with van der Waals surface area (Å²) in [6, 6.07) is 9.65. The molecule has 1 aromatic carbocycles. The Kier molecular flexibility index (Phi) is 3.31. The van der Waals surface area contributed by atoms with Crippen LogP contribution in [0.4, 0.5) is 4.39 Å². The third-order valence-electron chi connectivity index (χ3n) is 1.93. The van der Waals surface area contributed by atoms with Crippen LogP contribution in [0.3, 0.4) is 0 Å². The van der Waals surface area contributed by atoms with Crippen molar-refractivity contribution in [3.63, 3.8) is 0 Å². The van der Waals surface area contributed by atoms with E-state index in [1.807, 2.05) is 0 Å². The van der Waals surface area contributed by atoms with Crippen LogP contribution in [-0.2, 0) is 0 Å². The lowest BCUT2D eigenvalue weighted by Gasteiger charge is -2.00. The number of aromatic nitrogens is 1. The third-order valence-corrected chi connectivity index (χ3v) is 2.89. The van der Waals surface area contributed by atoms with Crippen LogP contribution in [-0.4, -0.2) is 11.3 Å². The van der Waals surface area contributed by atoms with Gasteiger partial charge >= 0.3 is 0 Å². The van der Waals surface area contributed by atoms with Crippen molar-refractivity contribution in [1.29, 1.82) is 0 Å². The average Bonchev–Trinajstić information content (AvgIpc) is 2.33. The van der Waals surface area contributed by atoms with E-state index in [4.69, 9.17) is 0 Å². The lowest BCUT2D eigenvalue weighted by atomic mass is 10.3. The highest BCUT2D eigenvalue weighted by Crippen LogP contribution is 2.25. The Labute approximate surface area is 96.5 Å². The van der Waals surface area contributed by atoms with Crippen molar-refractivity contribution in [2.75, 3.05) is 0 Å². The molecule has 1 heterocycles. The Balaban J connectivity index is 2.14. The van der Waals surface area contributed by atoms with Gasteiger partial charge in [0.25, 0.3) is 0 Å². The van der Waals surface area contributed by atoms with E-state index in [-0.39, 0.29) is 5.82 Å². The summed E-state index contributed by atoms with van der Waals surface area (Å²) < 4.78 is 12.7. The monoisotopic (exact) mass is 233 g/mol. The molecular formula is C12H8FNOS. The highest BCUT2D eigenvalue weighted by Gasteiger charge is 1.99. The number of aldehydes is 1. The van der Waals surface area contributed by atoms with E-state index in [0.717, 1.165) is 16.2 Å². The van der Waals surface area contributed by atoms with Gasteiger partial charge in [0.2, 0.25) is 0 Å². The molecule has 2 aromatic rings. The van der Waals surface area contributed by atoms with Crippen LogP contribution < -0.4 is 0 Å². The second kappa shape index (κ2) is 4.90. The molecule has 0 aliphatic heterocycles. The van der Waals surface area contributed by atoms with Crippen LogP contribution >= 0.6 is 11.8 Å². The Hall–Kier alpha value is -1.68. The molecule has 0 saturated carbocycles. The fraction of sp³-hybridized carbons (Fsp3) is 0. The van der Waals surface area contributed by atoms with Gasteiger partial charge in [0, 0.05) is 16.7 Å². The van der Waals surface area contributed by atoms with E-state index in [9.17, 15) is 9.18 Å². The molecule has 80 valence electrons. The van der Waals surface area contributed by atoms with Gasteiger partial charge in [-0.15, -0.1) is 0 Å². The van der Waals surface area contributed by atoms with Gasteiger partial charge in [-0.2, -0.15) is 0 Å². The summed E-state index contributed by atoms with van der Waals surface area (Å²) in [5, 5.41) is 0.775. The van der Waals surface area contributed by atoms with Crippen LogP contribution in [0.1, 0.15) is 10.4 Å². The highest BCUT2D eigenvalue weighted by atomic mass is 32.2. The fourth-order valence-corrected chi connectivity index (χ4v) is 1.90. The molecule has 4 heteroatoms. The summed E-state index contributed by atoms with van der Waals surface area (Å²) in [6.07, 6.45) is 2.26. The van der Waals surface area contributed by atoms with Gasteiger partial charge < -0.3 is 0 Å². The number of halogens is 1. The first kappa shape index (κ1) is 10.8. The van der Waals surface area contributed by atoms with Crippen molar-refractivity contribution >= 4 is 18.0 Å². The molecule has 0 saturated heterocycles. The predicted molar refractivity (Wildman–Crippen MR) is 60.1 cm³/mol. The summed E-state index contributed by atoms with van der Waals surface area (Å²) in [5.74, 6) is -0.256.